The molecule has 0 saturated carbocycles. The minimum atomic E-state index is -2.94. The fourth-order valence-electron chi connectivity index (χ4n) is 1.89. The molecule has 6 nitrogen and oxygen atoms in total. The van der Waals surface area contributed by atoms with Crippen LogP contribution in [0.15, 0.2) is 4.99 Å². The van der Waals surface area contributed by atoms with Crippen LogP contribution in [0.1, 0.15) is 41.0 Å². The summed E-state index contributed by atoms with van der Waals surface area (Å²) >= 11 is 0. The van der Waals surface area contributed by atoms with Crippen LogP contribution in [-0.2, 0) is 14.6 Å². The summed E-state index contributed by atoms with van der Waals surface area (Å²) < 4.78 is 27.9. The Hall–Kier alpha value is -0.820. The van der Waals surface area contributed by atoms with Crippen LogP contribution in [0.2, 0.25) is 0 Å². The highest BCUT2D eigenvalue weighted by Gasteiger charge is 2.24. The first-order chi connectivity index (χ1) is 9.99. The molecule has 7 heteroatoms. The van der Waals surface area contributed by atoms with E-state index in [9.17, 15) is 8.42 Å². The lowest BCUT2D eigenvalue weighted by Gasteiger charge is -2.28. The van der Waals surface area contributed by atoms with E-state index in [0.29, 0.717) is 18.9 Å². The maximum Gasteiger partial charge on any atom is 0.191 e. The van der Waals surface area contributed by atoms with Crippen LogP contribution in [0.25, 0.3) is 0 Å². The molecule has 0 rings (SSSR count). The Morgan fingerprint density at radius 2 is 1.91 bits per heavy atom. The Morgan fingerprint density at radius 1 is 1.32 bits per heavy atom. The summed E-state index contributed by atoms with van der Waals surface area (Å²) in [6, 6.07) is 0.0307. The molecule has 0 amide bonds. The molecule has 132 valence electrons. The van der Waals surface area contributed by atoms with Gasteiger partial charge in [0.1, 0.15) is 9.84 Å². The number of hydrogen-bond donors (Lipinski definition) is 2. The van der Waals surface area contributed by atoms with Crippen molar-refractivity contribution in [2.75, 3.05) is 32.2 Å². The Bertz CT molecular complexity index is 441. The molecule has 22 heavy (non-hydrogen) atoms. The van der Waals surface area contributed by atoms with E-state index in [1.165, 1.54) is 6.26 Å². The molecule has 0 radical (unpaired) electrons. The van der Waals surface area contributed by atoms with Gasteiger partial charge in [0.2, 0.25) is 0 Å². The van der Waals surface area contributed by atoms with Crippen LogP contribution in [0.5, 0.6) is 0 Å². The van der Waals surface area contributed by atoms with Crippen molar-refractivity contribution in [3.8, 4) is 0 Å². The van der Waals surface area contributed by atoms with Gasteiger partial charge in [0, 0.05) is 26.0 Å². The molecule has 2 N–H and O–H groups in total. The maximum atomic E-state index is 11.2. The van der Waals surface area contributed by atoms with Gasteiger partial charge in [-0.25, -0.2) is 8.42 Å². The van der Waals surface area contributed by atoms with Crippen molar-refractivity contribution >= 4 is 15.8 Å². The predicted molar refractivity (Wildman–Crippen MR) is 93.2 cm³/mol. The Morgan fingerprint density at radius 3 is 2.32 bits per heavy atom. The van der Waals surface area contributed by atoms with Crippen molar-refractivity contribution in [2.24, 2.45) is 10.4 Å². The second kappa shape index (κ2) is 9.35. The van der Waals surface area contributed by atoms with Crippen LogP contribution in [0.4, 0.5) is 0 Å². The summed E-state index contributed by atoms with van der Waals surface area (Å²) in [5, 5.41) is 6.42. The number of rotatable bonds is 8. The van der Waals surface area contributed by atoms with Crippen molar-refractivity contribution in [1.29, 1.82) is 0 Å². The van der Waals surface area contributed by atoms with Crippen molar-refractivity contribution < 1.29 is 13.2 Å². The van der Waals surface area contributed by atoms with Crippen molar-refractivity contribution in [3.05, 3.63) is 0 Å². The fourth-order valence-corrected chi connectivity index (χ4v) is 2.67. The van der Waals surface area contributed by atoms with Crippen LogP contribution in [0.3, 0.4) is 0 Å². The number of nitrogens with zero attached hydrogens (tertiary/aromatic N) is 1. The average molecular weight is 336 g/mol. The molecule has 0 aliphatic carbocycles. The van der Waals surface area contributed by atoms with Gasteiger partial charge < -0.3 is 15.4 Å². The van der Waals surface area contributed by atoms with E-state index < -0.39 is 9.84 Å². The van der Waals surface area contributed by atoms with Gasteiger partial charge in [0.15, 0.2) is 5.96 Å². The highest BCUT2D eigenvalue weighted by molar-refractivity contribution is 7.90. The molecule has 2 unspecified atom stereocenters. The maximum absolute atomic E-state index is 11.2. The highest BCUT2D eigenvalue weighted by Crippen LogP contribution is 2.21. The summed E-state index contributed by atoms with van der Waals surface area (Å²) in [6.45, 7) is 11.6. The van der Waals surface area contributed by atoms with Crippen molar-refractivity contribution in [1.82, 2.24) is 10.6 Å². The smallest absolute Gasteiger partial charge is 0.191 e. The van der Waals surface area contributed by atoms with Crippen molar-refractivity contribution in [3.63, 3.8) is 0 Å². The van der Waals surface area contributed by atoms with Gasteiger partial charge in [-0.2, -0.15) is 0 Å². The van der Waals surface area contributed by atoms with Crippen molar-refractivity contribution in [2.45, 2.75) is 53.2 Å². The monoisotopic (exact) mass is 335 g/mol. The first-order valence-corrected chi connectivity index (χ1v) is 9.81. The number of sulfone groups is 1. The summed E-state index contributed by atoms with van der Waals surface area (Å²) in [6.07, 6.45) is 1.83. The van der Waals surface area contributed by atoms with E-state index in [1.54, 1.807) is 7.11 Å². The number of methoxy groups -OCH3 is 1. The largest absolute Gasteiger partial charge is 0.379 e. The number of guanidine groups is 1. The summed E-state index contributed by atoms with van der Waals surface area (Å²) in [5.74, 6) is 0.860. The lowest BCUT2D eigenvalue weighted by atomic mass is 9.89. The average Bonchev–Trinajstić information content (AvgIpc) is 2.34. The zero-order valence-electron chi connectivity index (χ0n) is 15.1. The molecule has 0 aromatic carbocycles. The molecular weight excluding hydrogens is 302 g/mol. The number of nitrogens with one attached hydrogen (secondary N) is 2. The van der Waals surface area contributed by atoms with Crippen LogP contribution < -0.4 is 10.6 Å². The van der Waals surface area contributed by atoms with Gasteiger partial charge in [-0.1, -0.05) is 20.8 Å². The first-order valence-electron chi connectivity index (χ1n) is 7.75. The molecule has 0 bridgehead atoms. The zero-order chi connectivity index (χ0) is 17.4. The van der Waals surface area contributed by atoms with Crippen LogP contribution in [-0.4, -0.2) is 58.7 Å². The third-order valence-electron chi connectivity index (χ3n) is 3.31. The van der Waals surface area contributed by atoms with E-state index in [1.807, 2.05) is 13.8 Å². The molecule has 0 aliphatic heterocycles. The van der Waals surface area contributed by atoms with E-state index in [2.05, 4.69) is 36.4 Å². The zero-order valence-corrected chi connectivity index (χ0v) is 15.9. The van der Waals surface area contributed by atoms with Gasteiger partial charge >= 0.3 is 0 Å². The molecule has 0 aliphatic rings. The Kier molecular flexibility index (Phi) is 9.00. The molecule has 0 aromatic rings. The quantitative estimate of drug-likeness (QED) is 0.518. The predicted octanol–water partition coefficient (Wildman–Crippen LogP) is 1.43. The van der Waals surface area contributed by atoms with Gasteiger partial charge in [-0.3, -0.25) is 4.99 Å². The third-order valence-corrected chi connectivity index (χ3v) is 4.29. The topological polar surface area (TPSA) is 79.8 Å². The van der Waals surface area contributed by atoms with Gasteiger partial charge in [-0.15, -0.1) is 0 Å². The molecule has 0 aromatic heterocycles. The number of ether oxygens (including phenoxy) is 1. The standard InChI is InChI=1S/C15H33N3O3S/c1-8-16-14(17-11-13(21-6)15(3,4)5)18-12(2)9-10-22(7,19)20/h12-13H,8-11H2,1-7H3,(H2,16,17,18). The number of aliphatic imine (C=N–C) groups is 1. The third kappa shape index (κ3) is 10.00. The first kappa shape index (κ1) is 21.2. The van der Waals surface area contributed by atoms with E-state index in [0.717, 1.165) is 6.54 Å². The Balaban J connectivity index is 4.67. The molecule has 0 spiro atoms. The molecule has 0 saturated heterocycles. The molecule has 2 atom stereocenters. The Labute approximate surface area is 136 Å². The highest BCUT2D eigenvalue weighted by atomic mass is 32.2. The van der Waals surface area contributed by atoms with Crippen LogP contribution in [0, 0.1) is 5.41 Å². The lowest BCUT2D eigenvalue weighted by molar-refractivity contribution is 0.0241. The van der Waals surface area contributed by atoms with Gasteiger partial charge in [-0.05, 0) is 25.7 Å². The molecular formula is C15H33N3O3S. The SMILES string of the molecule is CCNC(=NCC(OC)C(C)(C)C)NC(C)CCS(C)(=O)=O. The summed E-state index contributed by atoms with van der Waals surface area (Å²) in [7, 11) is -1.24. The molecule has 0 heterocycles. The van der Waals surface area contributed by atoms with E-state index in [-0.39, 0.29) is 23.3 Å². The second-order valence-electron chi connectivity index (χ2n) is 6.77. The van der Waals surface area contributed by atoms with Crippen LogP contribution >= 0.6 is 0 Å². The number of hydrogen-bond acceptors (Lipinski definition) is 4. The summed E-state index contributed by atoms with van der Waals surface area (Å²) in [5.41, 5.74) is 0.0114. The lowest BCUT2D eigenvalue weighted by Crippen LogP contribution is -2.43. The second-order valence-corrected chi connectivity index (χ2v) is 9.03. The normalized spacial score (nSPS) is 16.2. The van der Waals surface area contributed by atoms with Gasteiger partial charge in [0.05, 0.1) is 18.4 Å². The van der Waals surface area contributed by atoms with Gasteiger partial charge in [0.25, 0.3) is 0 Å². The fraction of sp³-hybridized carbons (Fsp3) is 0.933. The minimum Gasteiger partial charge on any atom is -0.379 e. The molecule has 0 fully saturated rings. The summed E-state index contributed by atoms with van der Waals surface area (Å²) in [4.78, 5) is 4.56. The van der Waals surface area contributed by atoms with E-state index in [4.69, 9.17) is 4.74 Å². The minimum absolute atomic E-state index is 0.0114. The van der Waals surface area contributed by atoms with E-state index >= 15 is 0 Å².